The van der Waals surface area contributed by atoms with Crippen molar-refractivity contribution < 1.29 is 0 Å². The predicted molar refractivity (Wildman–Crippen MR) is 99.7 cm³/mol. The maximum Gasteiger partial charge on any atom is 0.0634 e. The molecule has 1 nitrogen and oxygen atoms in total. The van der Waals surface area contributed by atoms with E-state index in [4.69, 9.17) is 23.2 Å². The van der Waals surface area contributed by atoms with E-state index in [1.807, 2.05) is 12.1 Å². The summed E-state index contributed by atoms with van der Waals surface area (Å²) >= 11 is 19.5. The van der Waals surface area contributed by atoms with Crippen molar-refractivity contribution >= 4 is 60.7 Å². The second-order valence-electron chi connectivity index (χ2n) is 4.87. The zero-order valence-electron chi connectivity index (χ0n) is 11.7. The molecule has 2 aromatic carbocycles. The lowest BCUT2D eigenvalue weighted by molar-refractivity contribution is 0.748. The van der Waals surface area contributed by atoms with Gasteiger partial charge >= 0.3 is 0 Å². The van der Waals surface area contributed by atoms with Crippen molar-refractivity contribution in [2.75, 3.05) is 5.32 Å². The van der Waals surface area contributed by atoms with Gasteiger partial charge in [0.25, 0.3) is 0 Å². The molecular formula is C16H15Br2Cl2N. The van der Waals surface area contributed by atoms with Crippen molar-refractivity contribution in [2.45, 2.75) is 26.3 Å². The molecule has 2 rings (SSSR count). The molecule has 0 aliphatic heterocycles. The molecule has 1 N–H and O–H groups in total. The molecule has 0 aromatic heterocycles. The Morgan fingerprint density at radius 3 is 2.24 bits per heavy atom. The molecule has 0 radical (unpaired) electrons. The molecule has 21 heavy (non-hydrogen) atoms. The average molecular weight is 452 g/mol. The van der Waals surface area contributed by atoms with Gasteiger partial charge in [-0.3, -0.25) is 0 Å². The van der Waals surface area contributed by atoms with Crippen LogP contribution in [0, 0.1) is 6.92 Å². The molecule has 0 fully saturated rings. The minimum atomic E-state index is 0.116. The fourth-order valence-electron chi connectivity index (χ4n) is 2.20. The minimum absolute atomic E-state index is 0.116. The lowest BCUT2D eigenvalue weighted by Crippen LogP contribution is -2.11. The highest BCUT2D eigenvalue weighted by Gasteiger charge is 2.16. The molecule has 0 heterocycles. The van der Waals surface area contributed by atoms with Crippen LogP contribution in [0.25, 0.3) is 0 Å². The van der Waals surface area contributed by atoms with Crippen LogP contribution in [-0.2, 0) is 0 Å². The molecule has 0 aliphatic rings. The van der Waals surface area contributed by atoms with Gasteiger partial charge < -0.3 is 5.32 Å². The molecule has 2 aromatic rings. The fraction of sp³-hybridized carbons (Fsp3) is 0.250. The average Bonchev–Trinajstić information content (AvgIpc) is 2.39. The predicted octanol–water partition coefficient (Wildman–Crippen LogP) is 7.39. The number of halogens is 4. The maximum absolute atomic E-state index is 6.33. The quantitative estimate of drug-likeness (QED) is 0.511. The van der Waals surface area contributed by atoms with Gasteiger partial charge in [0.05, 0.1) is 11.7 Å². The van der Waals surface area contributed by atoms with E-state index in [2.05, 4.69) is 63.2 Å². The summed E-state index contributed by atoms with van der Waals surface area (Å²) in [5.74, 6) is 0. The number of nitrogens with one attached hydrogen (secondary N) is 1. The van der Waals surface area contributed by atoms with Gasteiger partial charge in [-0.25, -0.2) is 0 Å². The van der Waals surface area contributed by atoms with Gasteiger partial charge in [-0.1, -0.05) is 36.2 Å². The second-order valence-corrected chi connectivity index (χ2v) is 7.43. The number of benzene rings is 2. The SMILES string of the molecule is CCC(Nc1c(Br)cc(C)cc1Br)c1ccc(Cl)cc1Cl. The van der Waals surface area contributed by atoms with Crippen molar-refractivity contribution in [1.82, 2.24) is 0 Å². The van der Waals surface area contributed by atoms with E-state index in [1.165, 1.54) is 5.56 Å². The first-order chi connectivity index (χ1) is 9.92. The van der Waals surface area contributed by atoms with Crippen LogP contribution in [0.2, 0.25) is 10.0 Å². The van der Waals surface area contributed by atoms with E-state index < -0.39 is 0 Å². The number of hydrogen-bond donors (Lipinski definition) is 1. The number of aryl methyl sites for hydroxylation is 1. The number of anilines is 1. The third kappa shape index (κ3) is 4.16. The van der Waals surface area contributed by atoms with E-state index >= 15 is 0 Å². The first-order valence-electron chi connectivity index (χ1n) is 6.59. The summed E-state index contributed by atoms with van der Waals surface area (Å²) in [5.41, 5.74) is 3.26. The highest BCUT2D eigenvalue weighted by atomic mass is 79.9. The van der Waals surface area contributed by atoms with Crippen LogP contribution in [-0.4, -0.2) is 0 Å². The highest BCUT2D eigenvalue weighted by Crippen LogP contribution is 2.37. The summed E-state index contributed by atoms with van der Waals surface area (Å²) in [4.78, 5) is 0. The van der Waals surface area contributed by atoms with Crippen LogP contribution < -0.4 is 5.32 Å². The second kappa shape index (κ2) is 7.36. The van der Waals surface area contributed by atoms with E-state index in [1.54, 1.807) is 6.07 Å². The summed E-state index contributed by atoms with van der Waals surface area (Å²) in [6, 6.07) is 9.91. The van der Waals surface area contributed by atoms with Crippen LogP contribution in [0.4, 0.5) is 5.69 Å². The Morgan fingerprint density at radius 1 is 1.10 bits per heavy atom. The Labute approximate surface area is 152 Å². The zero-order chi connectivity index (χ0) is 15.6. The van der Waals surface area contributed by atoms with Gasteiger partial charge in [0.1, 0.15) is 0 Å². The van der Waals surface area contributed by atoms with E-state index in [9.17, 15) is 0 Å². The third-order valence-electron chi connectivity index (χ3n) is 3.25. The Morgan fingerprint density at radius 2 is 1.71 bits per heavy atom. The van der Waals surface area contributed by atoms with Crippen LogP contribution >= 0.6 is 55.1 Å². The molecule has 0 aliphatic carbocycles. The van der Waals surface area contributed by atoms with Crippen LogP contribution in [0.3, 0.4) is 0 Å². The molecule has 0 amide bonds. The Balaban J connectivity index is 2.36. The Hall–Kier alpha value is -0.220. The Kier molecular flexibility index (Phi) is 6.01. The van der Waals surface area contributed by atoms with E-state index in [0.29, 0.717) is 10.0 Å². The van der Waals surface area contributed by atoms with Crippen LogP contribution in [0.1, 0.15) is 30.5 Å². The van der Waals surface area contributed by atoms with Crippen LogP contribution in [0.5, 0.6) is 0 Å². The highest BCUT2D eigenvalue weighted by molar-refractivity contribution is 9.11. The van der Waals surface area contributed by atoms with Gasteiger partial charge in [-0.15, -0.1) is 0 Å². The normalized spacial score (nSPS) is 12.3. The molecule has 1 unspecified atom stereocenters. The third-order valence-corrected chi connectivity index (χ3v) is 5.06. The lowest BCUT2D eigenvalue weighted by Gasteiger charge is -2.22. The van der Waals surface area contributed by atoms with Gasteiger partial charge in [0, 0.05) is 19.0 Å². The van der Waals surface area contributed by atoms with E-state index in [-0.39, 0.29) is 6.04 Å². The first-order valence-corrected chi connectivity index (χ1v) is 8.93. The zero-order valence-corrected chi connectivity index (χ0v) is 16.4. The standard InChI is InChI=1S/C16H15Br2Cl2N/c1-3-15(11-5-4-10(19)8-14(11)20)21-16-12(17)6-9(2)7-13(16)18/h4-8,15,21H,3H2,1-2H3. The minimum Gasteiger partial charge on any atom is -0.376 e. The maximum atomic E-state index is 6.33. The number of hydrogen-bond acceptors (Lipinski definition) is 1. The lowest BCUT2D eigenvalue weighted by atomic mass is 10.0. The topological polar surface area (TPSA) is 12.0 Å². The van der Waals surface area contributed by atoms with Gasteiger partial charge in [0.15, 0.2) is 0 Å². The van der Waals surface area contributed by atoms with Crippen molar-refractivity contribution in [3.63, 3.8) is 0 Å². The summed E-state index contributed by atoms with van der Waals surface area (Å²) in [5, 5.41) is 4.88. The Bertz CT molecular complexity index is 636. The van der Waals surface area contributed by atoms with Crippen molar-refractivity contribution in [3.05, 3.63) is 60.4 Å². The molecule has 0 bridgehead atoms. The largest absolute Gasteiger partial charge is 0.376 e. The fourth-order valence-corrected chi connectivity index (χ4v) is 4.38. The molecule has 5 heteroatoms. The van der Waals surface area contributed by atoms with Crippen molar-refractivity contribution in [3.8, 4) is 0 Å². The van der Waals surface area contributed by atoms with Crippen molar-refractivity contribution in [2.24, 2.45) is 0 Å². The number of rotatable bonds is 4. The summed E-state index contributed by atoms with van der Waals surface area (Å²) < 4.78 is 2.05. The smallest absolute Gasteiger partial charge is 0.0634 e. The summed E-state index contributed by atoms with van der Waals surface area (Å²) in [7, 11) is 0. The molecule has 0 saturated carbocycles. The molecule has 0 saturated heterocycles. The van der Waals surface area contributed by atoms with Crippen molar-refractivity contribution in [1.29, 1.82) is 0 Å². The monoisotopic (exact) mass is 449 g/mol. The van der Waals surface area contributed by atoms with Gasteiger partial charge in [-0.2, -0.15) is 0 Å². The van der Waals surface area contributed by atoms with Gasteiger partial charge in [0.2, 0.25) is 0 Å². The van der Waals surface area contributed by atoms with Crippen LogP contribution in [0.15, 0.2) is 39.3 Å². The first kappa shape index (κ1) is 17.1. The summed E-state index contributed by atoms with van der Waals surface area (Å²) in [6.45, 7) is 4.19. The van der Waals surface area contributed by atoms with E-state index in [0.717, 1.165) is 26.6 Å². The summed E-state index contributed by atoms with van der Waals surface area (Å²) in [6.07, 6.45) is 0.911. The van der Waals surface area contributed by atoms with Gasteiger partial charge in [-0.05, 0) is 80.6 Å². The molecule has 112 valence electrons. The molecular weight excluding hydrogens is 437 g/mol. The molecule has 0 spiro atoms. The molecule has 1 atom stereocenters.